The summed E-state index contributed by atoms with van der Waals surface area (Å²) < 4.78 is 5.62. The van der Waals surface area contributed by atoms with E-state index in [-0.39, 0.29) is 11.9 Å². The molecule has 1 rings (SSSR count). The highest BCUT2D eigenvalue weighted by atomic mass is 16.5. The number of ether oxygens (including phenoxy) is 1. The zero-order valence-electron chi connectivity index (χ0n) is 12.5. The van der Waals surface area contributed by atoms with Crippen LogP contribution in [-0.4, -0.2) is 18.1 Å². The molecule has 1 N–H and O–H groups in total. The first kappa shape index (κ1) is 15.5. The second-order valence-electron chi connectivity index (χ2n) is 5.60. The summed E-state index contributed by atoms with van der Waals surface area (Å²) in [5, 5.41) is 3.07. The number of para-hydroxylation sites is 1. The fourth-order valence-corrected chi connectivity index (χ4v) is 2.14. The van der Waals surface area contributed by atoms with Crippen molar-refractivity contribution >= 4 is 5.91 Å². The SMILES string of the molecule is CC(C)C(NC(=O)[C@H](C)Oc1ccccc1)C(C)C. The Hall–Kier alpha value is -1.51. The van der Waals surface area contributed by atoms with Crippen LogP contribution in [0, 0.1) is 11.8 Å². The van der Waals surface area contributed by atoms with Crippen LogP contribution >= 0.6 is 0 Å². The van der Waals surface area contributed by atoms with Crippen molar-refractivity contribution in [2.45, 2.75) is 46.8 Å². The maximum atomic E-state index is 12.1. The van der Waals surface area contributed by atoms with Crippen LogP contribution in [0.3, 0.4) is 0 Å². The minimum absolute atomic E-state index is 0.0590. The number of carbonyl (C=O) groups is 1. The molecule has 3 nitrogen and oxygen atoms in total. The Labute approximate surface area is 116 Å². The molecule has 0 fully saturated rings. The van der Waals surface area contributed by atoms with E-state index in [1.165, 1.54) is 0 Å². The van der Waals surface area contributed by atoms with Crippen LogP contribution in [0.1, 0.15) is 34.6 Å². The summed E-state index contributed by atoms with van der Waals surface area (Å²) in [6, 6.07) is 9.59. The highest BCUT2D eigenvalue weighted by Gasteiger charge is 2.23. The summed E-state index contributed by atoms with van der Waals surface area (Å²) >= 11 is 0. The number of benzene rings is 1. The van der Waals surface area contributed by atoms with Gasteiger partial charge in [0, 0.05) is 6.04 Å². The summed E-state index contributed by atoms with van der Waals surface area (Å²) in [7, 11) is 0. The number of amides is 1. The van der Waals surface area contributed by atoms with Gasteiger partial charge in [0.05, 0.1) is 0 Å². The minimum Gasteiger partial charge on any atom is -0.481 e. The fourth-order valence-electron chi connectivity index (χ4n) is 2.14. The van der Waals surface area contributed by atoms with E-state index >= 15 is 0 Å². The molecular formula is C16H25NO2. The van der Waals surface area contributed by atoms with E-state index in [1.54, 1.807) is 6.92 Å². The average Bonchev–Trinajstić information content (AvgIpc) is 2.35. The Kier molecular flexibility index (Phi) is 5.87. The van der Waals surface area contributed by atoms with Gasteiger partial charge in [-0.05, 0) is 30.9 Å². The number of hydrogen-bond donors (Lipinski definition) is 1. The molecule has 1 aromatic rings. The lowest BCUT2D eigenvalue weighted by molar-refractivity contribution is -0.128. The third kappa shape index (κ3) is 4.93. The first-order valence-corrected chi connectivity index (χ1v) is 6.94. The van der Waals surface area contributed by atoms with Gasteiger partial charge in [-0.15, -0.1) is 0 Å². The van der Waals surface area contributed by atoms with Crippen LogP contribution in [0.4, 0.5) is 0 Å². The quantitative estimate of drug-likeness (QED) is 0.855. The Balaban J connectivity index is 2.57. The predicted molar refractivity (Wildman–Crippen MR) is 78.1 cm³/mol. The molecule has 1 aromatic carbocycles. The molecule has 0 spiro atoms. The van der Waals surface area contributed by atoms with Crippen molar-refractivity contribution in [3.63, 3.8) is 0 Å². The summed E-state index contributed by atoms with van der Waals surface area (Å²) in [6.45, 7) is 10.3. The van der Waals surface area contributed by atoms with E-state index in [9.17, 15) is 4.79 Å². The van der Waals surface area contributed by atoms with Crippen molar-refractivity contribution in [2.24, 2.45) is 11.8 Å². The van der Waals surface area contributed by atoms with Crippen LogP contribution in [-0.2, 0) is 4.79 Å². The first-order chi connectivity index (χ1) is 8.91. The van der Waals surface area contributed by atoms with Crippen LogP contribution in [0.5, 0.6) is 5.75 Å². The lowest BCUT2D eigenvalue weighted by atomic mass is 9.93. The van der Waals surface area contributed by atoms with E-state index in [1.807, 2.05) is 30.3 Å². The maximum absolute atomic E-state index is 12.1. The van der Waals surface area contributed by atoms with Gasteiger partial charge in [-0.1, -0.05) is 45.9 Å². The normalized spacial score (nSPS) is 12.8. The Morgan fingerprint density at radius 3 is 2.00 bits per heavy atom. The zero-order chi connectivity index (χ0) is 14.4. The molecule has 106 valence electrons. The van der Waals surface area contributed by atoms with Crippen LogP contribution < -0.4 is 10.1 Å². The third-order valence-corrected chi connectivity index (χ3v) is 3.17. The highest BCUT2D eigenvalue weighted by molar-refractivity contribution is 5.81. The van der Waals surface area contributed by atoms with Gasteiger partial charge >= 0.3 is 0 Å². The molecule has 0 unspecified atom stereocenters. The van der Waals surface area contributed by atoms with Crippen LogP contribution in [0.15, 0.2) is 30.3 Å². The molecule has 0 bridgehead atoms. The molecule has 0 saturated heterocycles. The largest absolute Gasteiger partial charge is 0.481 e. The molecule has 1 amide bonds. The molecule has 0 aliphatic rings. The van der Waals surface area contributed by atoms with Crippen molar-refractivity contribution < 1.29 is 9.53 Å². The standard InChI is InChI=1S/C16H25NO2/c1-11(2)15(12(3)4)17-16(18)13(5)19-14-9-7-6-8-10-14/h6-13,15H,1-5H3,(H,17,18)/t13-/m0/s1. The number of nitrogens with one attached hydrogen (secondary N) is 1. The minimum atomic E-state index is -0.484. The lowest BCUT2D eigenvalue weighted by Gasteiger charge is -2.27. The molecule has 0 saturated carbocycles. The van der Waals surface area contributed by atoms with Crippen molar-refractivity contribution in [3.8, 4) is 5.75 Å². The third-order valence-electron chi connectivity index (χ3n) is 3.17. The van der Waals surface area contributed by atoms with Gasteiger partial charge < -0.3 is 10.1 Å². The Morgan fingerprint density at radius 1 is 1.00 bits per heavy atom. The second-order valence-corrected chi connectivity index (χ2v) is 5.60. The number of carbonyl (C=O) groups excluding carboxylic acids is 1. The Bertz CT molecular complexity index is 379. The van der Waals surface area contributed by atoms with E-state index < -0.39 is 6.10 Å². The topological polar surface area (TPSA) is 38.3 Å². The van der Waals surface area contributed by atoms with Crippen molar-refractivity contribution in [1.29, 1.82) is 0 Å². The molecule has 0 aliphatic heterocycles. The molecule has 1 atom stereocenters. The van der Waals surface area contributed by atoms with E-state index in [0.717, 1.165) is 5.75 Å². The van der Waals surface area contributed by atoms with Gasteiger partial charge in [0.25, 0.3) is 5.91 Å². The van der Waals surface area contributed by atoms with Gasteiger partial charge in [0.2, 0.25) is 0 Å². The highest BCUT2D eigenvalue weighted by Crippen LogP contribution is 2.14. The Morgan fingerprint density at radius 2 is 1.53 bits per heavy atom. The fraction of sp³-hybridized carbons (Fsp3) is 0.562. The first-order valence-electron chi connectivity index (χ1n) is 6.94. The molecule has 0 aromatic heterocycles. The molecule has 3 heteroatoms. The van der Waals surface area contributed by atoms with Gasteiger partial charge in [-0.2, -0.15) is 0 Å². The van der Waals surface area contributed by atoms with Crippen molar-refractivity contribution in [3.05, 3.63) is 30.3 Å². The molecule has 0 heterocycles. The van der Waals surface area contributed by atoms with E-state index in [2.05, 4.69) is 33.0 Å². The van der Waals surface area contributed by atoms with Crippen LogP contribution in [0.25, 0.3) is 0 Å². The van der Waals surface area contributed by atoms with Crippen molar-refractivity contribution in [1.82, 2.24) is 5.32 Å². The maximum Gasteiger partial charge on any atom is 0.261 e. The van der Waals surface area contributed by atoms with E-state index in [4.69, 9.17) is 4.74 Å². The molecular weight excluding hydrogens is 238 g/mol. The lowest BCUT2D eigenvalue weighted by Crippen LogP contribution is -2.47. The van der Waals surface area contributed by atoms with Crippen molar-refractivity contribution in [2.75, 3.05) is 0 Å². The monoisotopic (exact) mass is 263 g/mol. The number of hydrogen-bond acceptors (Lipinski definition) is 2. The molecule has 0 radical (unpaired) electrons. The molecule has 19 heavy (non-hydrogen) atoms. The summed E-state index contributed by atoms with van der Waals surface area (Å²) in [5.41, 5.74) is 0. The smallest absolute Gasteiger partial charge is 0.261 e. The molecule has 0 aliphatic carbocycles. The predicted octanol–water partition coefficient (Wildman–Crippen LogP) is 3.25. The average molecular weight is 263 g/mol. The van der Waals surface area contributed by atoms with Gasteiger partial charge in [0.15, 0.2) is 6.10 Å². The van der Waals surface area contributed by atoms with Gasteiger partial charge in [-0.25, -0.2) is 0 Å². The second kappa shape index (κ2) is 7.17. The van der Waals surface area contributed by atoms with Gasteiger partial charge in [-0.3, -0.25) is 4.79 Å². The summed E-state index contributed by atoms with van der Waals surface area (Å²) in [5.74, 6) is 1.48. The summed E-state index contributed by atoms with van der Waals surface area (Å²) in [4.78, 5) is 12.1. The zero-order valence-corrected chi connectivity index (χ0v) is 12.5. The van der Waals surface area contributed by atoms with Gasteiger partial charge in [0.1, 0.15) is 5.75 Å². The summed E-state index contributed by atoms with van der Waals surface area (Å²) in [6.07, 6.45) is -0.484. The number of rotatable bonds is 6. The van der Waals surface area contributed by atoms with E-state index in [0.29, 0.717) is 11.8 Å². The van der Waals surface area contributed by atoms with Crippen LogP contribution in [0.2, 0.25) is 0 Å².